The predicted octanol–water partition coefficient (Wildman–Crippen LogP) is 4.81. The highest BCUT2D eigenvalue weighted by molar-refractivity contribution is 9.10. The summed E-state index contributed by atoms with van der Waals surface area (Å²) in [6.07, 6.45) is 1.84. The Morgan fingerprint density at radius 3 is 2.72 bits per heavy atom. The van der Waals surface area contributed by atoms with Gasteiger partial charge in [-0.3, -0.25) is 0 Å². The highest BCUT2D eigenvalue weighted by Crippen LogP contribution is 2.30. The van der Waals surface area contributed by atoms with Crippen molar-refractivity contribution in [3.8, 4) is 0 Å². The molecule has 0 aliphatic carbocycles. The van der Waals surface area contributed by atoms with E-state index in [-0.39, 0.29) is 5.82 Å². The maximum Gasteiger partial charge on any atom is 0.124 e. The first kappa shape index (κ1) is 11.3. The fourth-order valence-corrected chi connectivity index (χ4v) is 2.29. The number of hydrogen-bond donors (Lipinski definition) is 2. The average molecular weight is 305 g/mol. The molecular formula is C14H10BrFN2. The van der Waals surface area contributed by atoms with Gasteiger partial charge in [0.05, 0.1) is 11.4 Å². The van der Waals surface area contributed by atoms with Crippen molar-refractivity contribution in [2.75, 3.05) is 5.32 Å². The molecule has 0 amide bonds. The number of anilines is 2. The average Bonchev–Trinajstić information content (AvgIpc) is 2.75. The van der Waals surface area contributed by atoms with Gasteiger partial charge in [-0.2, -0.15) is 0 Å². The van der Waals surface area contributed by atoms with Crippen LogP contribution in [0, 0.1) is 5.82 Å². The molecular weight excluding hydrogens is 295 g/mol. The van der Waals surface area contributed by atoms with Crippen molar-refractivity contribution in [3.63, 3.8) is 0 Å². The monoisotopic (exact) mass is 304 g/mol. The molecule has 0 fully saturated rings. The zero-order valence-corrected chi connectivity index (χ0v) is 11.0. The Morgan fingerprint density at radius 2 is 1.89 bits per heavy atom. The summed E-state index contributed by atoms with van der Waals surface area (Å²) in [6.45, 7) is 0. The number of para-hydroxylation sites is 1. The van der Waals surface area contributed by atoms with Gasteiger partial charge >= 0.3 is 0 Å². The molecule has 3 aromatic rings. The Hall–Kier alpha value is -1.81. The van der Waals surface area contributed by atoms with Crippen molar-refractivity contribution in [3.05, 3.63) is 59.0 Å². The lowest BCUT2D eigenvalue weighted by molar-refractivity contribution is 0.630. The van der Waals surface area contributed by atoms with Gasteiger partial charge in [-0.15, -0.1) is 0 Å². The van der Waals surface area contributed by atoms with Crippen molar-refractivity contribution in [2.24, 2.45) is 0 Å². The topological polar surface area (TPSA) is 27.8 Å². The summed E-state index contributed by atoms with van der Waals surface area (Å²) in [6, 6.07) is 12.5. The predicted molar refractivity (Wildman–Crippen MR) is 75.7 cm³/mol. The number of halogens is 2. The number of benzene rings is 2. The summed E-state index contributed by atoms with van der Waals surface area (Å²) in [5.41, 5.74) is 2.71. The SMILES string of the molecule is Fc1ccc2[nH]cc(Nc3ccccc3Br)c2c1. The van der Waals surface area contributed by atoms with Crippen LogP contribution in [0.1, 0.15) is 0 Å². The van der Waals surface area contributed by atoms with Crippen molar-refractivity contribution < 1.29 is 4.39 Å². The minimum Gasteiger partial charge on any atom is -0.359 e. The third-order valence-corrected chi connectivity index (χ3v) is 3.48. The zero-order chi connectivity index (χ0) is 12.5. The minimum atomic E-state index is -0.239. The second-order valence-electron chi connectivity index (χ2n) is 4.00. The van der Waals surface area contributed by atoms with Gasteiger partial charge in [0, 0.05) is 21.6 Å². The maximum absolute atomic E-state index is 13.3. The summed E-state index contributed by atoms with van der Waals surface area (Å²) in [4.78, 5) is 3.11. The van der Waals surface area contributed by atoms with Crippen molar-refractivity contribution in [2.45, 2.75) is 0 Å². The minimum absolute atomic E-state index is 0.239. The van der Waals surface area contributed by atoms with Gasteiger partial charge in [-0.25, -0.2) is 4.39 Å². The molecule has 2 aromatic carbocycles. The maximum atomic E-state index is 13.3. The first-order valence-electron chi connectivity index (χ1n) is 5.52. The van der Waals surface area contributed by atoms with Crippen molar-refractivity contribution in [1.82, 2.24) is 4.98 Å². The van der Waals surface area contributed by atoms with Gasteiger partial charge in [-0.05, 0) is 46.3 Å². The zero-order valence-electron chi connectivity index (χ0n) is 9.37. The Kier molecular flexibility index (Phi) is 2.80. The van der Waals surface area contributed by atoms with E-state index in [1.165, 1.54) is 12.1 Å². The summed E-state index contributed by atoms with van der Waals surface area (Å²) < 4.78 is 14.2. The highest BCUT2D eigenvalue weighted by atomic mass is 79.9. The number of nitrogens with one attached hydrogen (secondary N) is 2. The quantitative estimate of drug-likeness (QED) is 0.698. The van der Waals surface area contributed by atoms with Crippen LogP contribution in [0.15, 0.2) is 53.1 Å². The van der Waals surface area contributed by atoms with Crippen LogP contribution in [0.3, 0.4) is 0 Å². The van der Waals surface area contributed by atoms with E-state index in [0.29, 0.717) is 0 Å². The van der Waals surface area contributed by atoms with E-state index in [9.17, 15) is 4.39 Å². The molecule has 3 rings (SSSR count). The molecule has 0 aliphatic heterocycles. The van der Waals surface area contributed by atoms with Crippen LogP contribution in [-0.2, 0) is 0 Å². The normalized spacial score (nSPS) is 10.8. The standard InChI is InChI=1S/C14H10BrFN2/c15-11-3-1-2-4-13(11)18-14-8-17-12-6-5-9(16)7-10(12)14/h1-8,17-18H. The van der Waals surface area contributed by atoms with Crippen molar-refractivity contribution in [1.29, 1.82) is 0 Å². The Bertz CT molecular complexity index is 706. The third kappa shape index (κ3) is 1.99. The van der Waals surface area contributed by atoms with Crippen LogP contribution in [0.2, 0.25) is 0 Å². The fraction of sp³-hybridized carbons (Fsp3) is 0. The van der Waals surface area contributed by atoms with Gasteiger partial charge in [0.2, 0.25) is 0 Å². The van der Waals surface area contributed by atoms with E-state index in [4.69, 9.17) is 0 Å². The van der Waals surface area contributed by atoms with Crippen LogP contribution in [0.25, 0.3) is 10.9 Å². The molecule has 1 heterocycles. The molecule has 0 aliphatic rings. The number of H-pyrrole nitrogens is 1. The summed E-state index contributed by atoms with van der Waals surface area (Å²) in [5.74, 6) is -0.239. The summed E-state index contributed by atoms with van der Waals surface area (Å²) in [7, 11) is 0. The van der Waals surface area contributed by atoms with Crippen LogP contribution < -0.4 is 5.32 Å². The van der Waals surface area contributed by atoms with Gasteiger partial charge in [0.25, 0.3) is 0 Å². The molecule has 0 atom stereocenters. The molecule has 0 radical (unpaired) electrons. The van der Waals surface area contributed by atoms with Crippen LogP contribution >= 0.6 is 15.9 Å². The smallest absolute Gasteiger partial charge is 0.124 e. The van der Waals surface area contributed by atoms with E-state index in [2.05, 4.69) is 26.2 Å². The van der Waals surface area contributed by atoms with Crippen LogP contribution in [-0.4, -0.2) is 4.98 Å². The fourth-order valence-electron chi connectivity index (χ4n) is 1.90. The van der Waals surface area contributed by atoms with E-state index >= 15 is 0 Å². The lowest BCUT2D eigenvalue weighted by Crippen LogP contribution is -1.89. The lowest BCUT2D eigenvalue weighted by Gasteiger charge is -2.06. The molecule has 0 saturated heterocycles. The highest BCUT2D eigenvalue weighted by Gasteiger charge is 2.06. The number of hydrogen-bond acceptors (Lipinski definition) is 1. The van der Waals surface area contributed by atoms with Crippen LogP contribution in [0.4, 0.5) is 15.8 Å². The molecule has 18 heavy (non-hydrogen) atoms. The second kappa shape index (κ2) is 4.46. The molecule has 0 unspecified atom stereocenters. The number of fused-ring (bicyclic) bond motifs is 1. The Labute approximate surface area is 112 Å². The Morgan fingerprint density at radius 1 is 1.06 bits per heavy atom. The van der Waals surface area contributed by atoms with Gasteiger partial charge < -0.3 is 10.3 Å². The lowest BCUT2D eigenvalue weighted by atomic mass is 10.2. The Balaban J connectivity index is 2.05. The van der Waals surface area contributed by atoms with E-state index in [1.807, 2.05) is 30.5 Å². The summed E-state index contributed by atoms with van der Waals surface area (Å²) >= 11 is 3.47. The molecule has 0 spiro atoms. The summed E-state index contributed by atoms with van der Waals surface area (Å²) in [5, 5.41) is 4.12. The second-order valence-corrected chi connectivity index (χ2v) is 4.85. The molecule has 4 heteroatoms. The molecule has 1 aromatic heterocycles. The first-order valence-corrected chi connectivity index (χ1v) is 6.31. The van der Waals surface area contributed by atoms with Gasteiger partial charge in [0.1, 0.15) is 5.82 Å². The van der Waals surface area contributed by atoms with Gasteiger partial charge in [-0.1, -0.05) is 12.1 Å². The molecule has 90 valence electrons. The van der Waals surface area contributed by atoms with E-state index in [0.717, 1.165) is 26.8 Å². The van der Waals surface area contributed by atoms with Crippen molar-refractivity contribution >= 4 is 38.2 Å². The van der Waals surface area contributed by atoms with E-state index < -0.39 is 0 Å². The molecule has 0 saturated carbocycles. The molecule has 0 bridgehead atoms. The molecule has 2 nitrogen and oxygen atoms in total. The number of rotatable bonds is 2. The van der Waals surface area contributed by atoms with Gasteiger partial charge in [0.15, 0.2) is 0 Å². The largest absolute Gasteiger partial charge is 0.359 e. The number of aromatic amines is 1. The first-order chi connectivity index (χ1) is 8.74. The van der Waals surface area contributed by atoms with Crippen LogP contribution in [0.5, 0.6) is 0 Å². The van der Waals surface area contributed by atoms with E-state index in [1.54, 1.807) is 6.07 Å². The number of aromatic nitrogens is 1. The third-order valence-electron chi connectivity index (χ3n) is 2.79. The molecule has 2 N–H and O–H groups in total.